The first-order valence-corrected chi connectivity index (χ1v) is 7.17. The maximum Gasteiger partial charge on any atom is 0.410 e. The van der Waals surface area contributed by atoms with Gasteiger partial charge in [0.15, 0.2) is 0 Å². The van der Waals surface area contributed by atoms with Gasteiger partial charge in [0, 0.05) is 19.3 Å². The van der Waals surface area contributed by atoms with Crippen LogP contribution in [0.2, 0.25) is 0 Å². The number of rotatable bonds is 0. The van der Waals surface area contributed by atoms with E-state index in [1.165, 1.54) is 0 Å². The van der Waals surface area contributed by atoms with Gasteiger partial charge in [-0.15, -0.1) is 5.10 Å². The minimum atomic E-state index is -0.456. The van der Waals surface area contributed by atoms with Gasteiger partial charge in [-0.2, -0.15) is 5.10 Å². The van der Waals surface area contributed by atoms with E-state index in [0.29, 0.717) is 18.2 Å². The average molecular weight is 285 g/mol. The fourth-order valence-electron chi connectivity index (χ4n) is 2.70. The third-order valence-corrected chi connectivity index (χ3v) is 3.81. The van der Waals surface area contributed by atoms with Crippen molar-refractivity contribution < 1.29 is 9.53 Å². The van der Waals surface area contributed by atoms with E-state index in [4.69, 9.17) is 4.74 Å². The molecule has 1 aromatic heterocycles. The first-order valence-electron chi connectivity index (χ1n) is 7.17. The van der Waals surface area contributed by atoms with Gasteiger partial charge in [0.1, 0.15) is 11.3 Å². The highest BCUT2D eigenvalue weighted by atomic mass is 16.6. The third-order valence-electron chi connectivity index (χ3n) is 3.81. The normalized spacial score (nSPS) is 26.6. The van der Waals surface area contributed by atoms with Crippen molar-refractivity contribution in [2.45, 2.75) is 32.8 Å². The molecule has 21 heavy (non-hydrogen) atoms. The zero-order chi connectivity index (χ0) is 15.1. The number of aromatic nitrogens is 2. The molecule has 1 saturated carbocycles. The van der Waals surface area contributed by atoms with Gasteiger partial charge in [-0.3, -0.25) is 0 Å². The monoisotopic (exact) mass is 285 g/mol. The minimum Gasteiger partial charge on any atom is -0.444 e. The van der Waals surface area contributed by atoms with E-state index < -0.39 is 5.60 Å². The summed E-state index contributed by atoms with van der Waals surface area (Å²) in [5, 5.41) is 7.78. The molecule has 0 spiro atoms. The molecule has 5 nitrogen and oxygen atoms in total. The van der Waals surface area contributed by atoms with Crippen molar-refractivity contribution in [3.63, 3.8) is 0 Å². The predicted octanol–water partition coefficient (Wildman–Crippen LogP) is 2.09. The predicted molar refractivity (Wildman–Crippen MR) is 77.3 cm³/mol. The number of carbonyl (C=O) groups excluding carboxylic acids is 1. The number of hydrogen-bond donors (Lipinski definition) is 0. The van der Waals surface area contributed by atoms with Crippen LogP contribution in [0.25, 0.3) is 0 Å². The summed E-state index contributed by atoms with van der Waals surface area (Å²) in [7, 11) is 0. The molecule has 0 aromatic carbocycles. The smallest absolute Gasteiger partial charge is 0.410 e. The van der Waals surface area contributed by atoms with Crippen molar-refractivity contribution in [2.24, 2.45) is 11.3 Å². The van der Waals surface area contributed by atoms with E-state index in [9.17, 15) is 4.79 Å². The number of nitrogens with zero attached hydrogens (tertiary/aromatic N) is 3. The molecule has 1 aliphatic carbocycles. The minimum absolute atomic E-state index is 0.0611. The molecule has 0 N–H and O–H groups in total. The molecule has 2 unspecified atom stereocenters. The van der Waals surface area contributed by atoms with Crippen LogP contribution < -0.4 is 0 Å². The quantitative estimate of drug-likeness (QED) is 0.685. The Kier molecular flexibility index (Phi) is 3.12. The molecule has 2 heterocycles. The molecule has 110 valence electrons. The summed E-state index contributed by atoms with van der Waals surface area (Å²) in [6, 6.07) is 3.66. The highest BCUT2D eigenvalue weighted by Crippen LogP contribution is 2.57. The van der Waals surface area contributed by atoms with Crippen LogP contribution in [0.4, 0.5) is 4.79 Å². The SMILES string of the molecule is CC(C)(C)OC(=O)N1CC2CC2(C#Cc2cccnn2)C1. The Hall–Kier alpha value is -2.09. The van der Waals surface area contributed by atoms with Crippen LogP contribution in [0.1, 0.15) is 32.9 Å². The number of hydrogen-bond acceptors (Lipinski definition) is 4. The van der Waals surface area contributed by atoms with E-state index in [1.54, 1.807) is 11.1 Å². The summed E-state index contributed by atoms with van der Waals surface area (Å²) in [5.74, 6) is 6.84. The van der Waals surface area contributed by atoms with Gasteiger partial charge in [-0.05, 0) is 51.2 Å². The molecular formula is C16H19N3O2. The van der Waals surface area contributed by atoms with Gasteiger partial charge in [-0.25, -0.2) is 4.79 Å². The molecule has 1 saturated heterocycles. The number of likely N-dealkylation sites (tertiary alicyclic amines) is 1. The zero-order valence-corrected chi connectivity index (χ0v) is 12.6. The number of carbonyl (C=O) groups is 1. The Bertz CT molecular complexity index is 612. The molecular weight excluding hydrogens is 266 g/mol. The van der Waals surface area contributed by atoms with Crippen LogP contribution in [0.15, 0.2) is 18.3 Å². The summed E-state index contributed by atoms with van der Waals surface area (Å²) in [4.78, 5) is 13.8. The van der Waals surface area contributed by atoms with Crippen molar-refractivity contribution in [2.75, 3.05) is 13.1 Å². The Morgan fingerprint density at radius 1 is 1.52 bits per heavy atom. The highest BCUT2D eigenvalue weighted by Gasteiger charge is 2.60. The topological polar surface area (TPSA) is 55.3 Å². The average Bonchev–Trinajstić information content (AvgIpc) is 2.97. The standard InChI is InChI=1S/C16H19N3O2/c1-15(2,3)21-14(20)19-10-12-9-16(12,11-19)7-6-13-5-4-8-17-18-13/h4-5,8,12H,9-11H2,1-3H3. The van der Waals surface area contributed by atoms with Crippen molar-refractivity contribution in [3.8, 4) is 11.8 Å². The molecule has 2 atom stereocenters. The molecule has 0 radical (unpaired) electrons. The van der Waals surface area contributed by atoms with Gasteiger partial charge < -0.3 is 9.64 Å². The Labute approximate surface area is 124 Å². The van der Waals surface area contributed by atoms with Crippen molar-refractivity contribution >= 4 is 6.09 Å². The Balaban J connectivity index is 1.65. The van der Waals surface area contributed by atoms with E-state index >= 15 is 0 Å². The second kappa shape index (κ2) is 4.73. The first-order chi connectivity index (χ1) is 9.88. The lowest BCUT2D eigenvalue weighted by atomic mass is 10.1. The molecule has 2 aliphatic rings. The second-order valence-electron chi connectivity index (χ2n) is 6.78. The van der Waals surface area contributed by atoms with Gasteiger partial charge in [0.2, 0.25) is 0 Å². The number of amides is 1. The number of fused-ring (bicyclic) bond motifs is 1. The maximum absolute atomic E-state index is 12.1. The van der Waals surface area contributed by atoms with Crippen LogP contribution in [0, 0.1) is 23.2 Å². The van der Waals surface area contributed by atoms with Crippen LogP contribution in [0.5, 0.6) is 0 Å². The Morgan fingerprint density at radius 3 is 3.00 bits per heavy atom. The second-order valence-corrected chi connectivity index (χ2v) is 6.78. The van der Waals surface area contributed by atoms with Crippen molar-refractivity contribution in [1.29, 1.82) is 0 Å². The molecule has 2 fully saturated rings. The van der Waals surface area contributed by atoms with E-state index in [0.717, 1.165) is 13.0 Å². The summed E-state index contributed by atoms with van der Waals surface area (Å²) in [5.41, 5.74) is 0.157. The highest BCUT2D eigenvalue weighted by molar-refractivity contribution is 5.69. The van der Waals surface area contributed by atoms with Crippen molar-refractivity contribution in [1.82, 2.24) is 15.1 Å². The van der Waals surface area contributed by atoms with Gasteiger partial charge in [0.05, 0.1) is 5.41 Å². The first kappa shape index (κ1) is 13.9. The molecule has 3 rings (SSSR count). The molecule has 0 bridgehead atoms. The zero-order valence-electron chi connectivity index (χ0n) is 12.6. The number of ether oxygens (including phenoxy) is 1. The fraction of sp³-hybridized carbons (Fsp3) is 0.562. The lowest BCUT2D eigenvalue weighted by Crippen LogP contribution is -2.37. The summed E-state index contributed by atoms with van der Waals surface area (Å²) < 4.78 is 5.41. The molecule has 1 amide bonds. The largest absolute Gasteiger partial charge is 0.444 e. The lowest BCUT2D eigenvalue weighted by molar-refractivity contribution is 0.0268. The van der Waals surface area contributed by atoms with Crippen molar-refractivity contribution in [3.05, 3.63) is 24.0 Å². The molecule has 1 aromatic rings. The van der Waals surface area contributed by atoms with E-state index in [2.05, 4.69) is 22.0 Å². The van der Waals surface area contributed by atoms with Crippen LogP contribution in [-0.2, 0) is 4.74 Å². The maximum atomic E-state index is 12.1. The van der Waals surface area contributed by atoms with Gasteiger partial charge in [-0.1, -0.05) is 5.92 Å². The fourth-order valence-corrected chi connectivity index (χ4v) is 2.70. The Morgan fingerprint density at radius 2 is 2.33 bits per heavy atom. The summed E-state index contributed by atoms with van der Waals surface area (Å²) in [6.07, 6.45) is 2.44. The van der Waals surface area contributed by atoms with Gasteiger partial charge in [0.25, 0.3) is 0 Å². The molecule has 5 heteroatoms. The molecule has 1 aliphatic heterocycles. The van der Waals surface area contributed by atoms with E-state index in [1.807, 2.05) is 32.9 Å². The summed E-state index contributed by atoms with van der Waals surface area (Å²) in [6.45, 7) is 7.03. The third kappa shape index (κ3) is 2.99. The number of piperidine rings is 1. The van der Waals surface area contributed by atoms with E-state index in [-0.39, 0.29) is 11.5 Å². The van der Waals surface area contributed by atoms with Crippen LogP contribution in [0.3, 0.4) is 0 Å². The lowest BCUT2D eigenvalue weighted by Gasteiger charge is -2.25. The van der Waals surface area contributed by atoms with Crippen LogP contribution >= 0.6 is 0 Å². The summed E-state index contributed by atoms with van der Waals surface area (Å²) >= 11 is 0. The van der Waals surface area contributed by atoms with Gasteiger partial charge >= 0.3 is 6.09 Å². The van der Waals surface area contributed by atoms with Crippen LogP contribution in [-0.4, -0.2) is 39.9 Å².